The van der Waals surface area contributed by atoms with Crippen molar-refractivity contribution in [3.05, 3.63) is 170 Å². The fraction of sp³-hybridized carbons (Fsp3) is 0.0426. The summed E-state index contributed by atoms with van der Waals surface area (Å²) >= 11 is 0. The minimum Gasteiger partial charge on any atom is -0.456 e. The van der Waals surface area contributed by atoms with Gasteiger partial charge in [0.25, 0.3) is 0 Å². The molecule has 0 bridgehead atoms. The van der Waals surface area contributed by atoms with E-state index in [-0.39, 0.29) is 10.3 Å². The number of nitrogens with zero attached hydrogens (tertiary/aromatic N) is 2. The van der Waals surface area contributed by atoms with E-state index < -0.39 is 0 Å². The molecule has 0 saturated heterocycles. The van der Waals surface area contributed by atoms with Gasteiger partial charge in [-0.15, -0.1) is 5.11 Å². The molecule has 2 heterocycles. The molecule has 0 unspecified atom stereocenters. The molecule has 55 heavy (non-hydrogen) atoms. The Hall–Kier alpha value is -6.13. The van der Waals surface area contributed by atoms with E-state index in [1.807, 2.05) is 6.07 Å². The number of para-hydroxylation sites is 3. The van der Waals surface area contributed by atoms with Gasteiger partial charge in [0, 0.05) is 16.5 Å². The third-order valence-electron chi connectivity index (χ3n) is 12.2. The Bertz CT molecular complexity index is 3120. The van der Waals surface area contributed by atoms with Crippen LogP contribution in [0.4, 0.5) is 0 Å². The molecule has 10 aromatic rings. The van der Waals surface area contributed by atoms with Crippen LogP contribution in [-0.4, -0.2) is 48.8 Å². The van der Waals surface area contributed by atoms with Gasteiger partial charge in [-0.05, 0) is 109 Å². The molecule has 0 spiro atoms. The van der Waals surface area contributed by atoms with Gasteiger partial charge >= 0.3 is 0 Å². The fourth-order valence-corrected chi connectivity index (χ4v) is 8.33. The summed E-state index contributed by atoms with van der Waals surface area (Å²) in [4.78, 5) is 5.31. The quantitative estimate of drug-likeness (QED) is 0.132. The summed E-state index contributed by atoms with van der Waals surface area (Å²) in [6.07, 6.45) is 0. The predicted octanol–water partition coefficient (Wildman–Crippen LogP) is 7.62. The molecule has 3 nitrogen and oxygen atoms in total. The molecule has 0 aliphatic carbocycles. The summed E-state index contributed by atoms with van der Waals surface area (Å²) in [6.45, 7) is 0. The zero-order chi connectivity index (χ0) is 37.5. The molecule has 0 aliphatic heterocycles. The van der Waals surface area contributed by atoms with E-state index in [0.29, 0.717) is 0 Å². The largest absolute Gasteiger partial charge is 0.456 e. The standard InChI is InChI=1S/C47H37B5N2O/c48-46(49,47(50,51)52)45-53-39-18-7-8-19-40(39)54(45)32-14-10-13-30(25-32)43-34-16-4-5-17-35(34)44(38-26-29(21-23-36(38)43)28-11-2-1-3-12-28)31-22-24-42-37(27-31)33-15-6-9-20-41(33)55-42/h1-27H,48-52H2. The maximum absolute atomic E-state index is 6.28. The lowest BCUT2D eigenvalue weighted by molar-refractivity contribution is 0.669. The summed E-state index contributed by atoms with van der Waals surface area (Å²) in [5.41, 5.74) is 12.2. The molecule has 0 fully saturated rings. The summed E-state index contributed by atoms with van der Waals surface area (Å²) in [5.74, 6) is 1.07. The van der Waals surface area contributed by atoms with Crippen molar-refractivity contribution >= 4 is 93.7 Å². The second kappa shape index (κ2) is 12.5. The SMILES string of the molecule is BC(B)(B)C(B)(B)c1nc2ccccc2n1-c1cccc(-c2c3ccccc3c(-c3ccc4oc5ccccc5c4c3)c3cc(-c4ccccc4)ccc23)c1. The first-order valence-corrected chi connectivity index (χ1v) is 19.2. The number of fused-ring (bicyclic) bond motifs is 6. The lowest BCUT2D eigenvalue weighted by Gasteiger charge is -2.39. The molecule has 256 valence electrons. The van der Waals surface area contributed by atoms with E-state index >= 15 is 0 Å². The third kappa shape index (κ3) is 5.30. The van der Waals surface area contributed by atoms with Gasteiger partial charge in [0.15, 0.2) is 0 Å². The molecule has 10 rings (SSSR count). The van der Waals surface area contributed by atoms with E-state index in [0.717, 1.165) is 44.5 Å². The minimum atomic E-state index is -0.210. The Labute approximate surface area is 325 Å². The first-order valence-electron chi connectivity index (χ1n) is 19.2. The highest BCUT2D eigenvalue weighted by Crippen LogP contribution is 2.46. The topological polar surface area (TPSA) is 31.0 Å². The molecule has 0 amide bonds. The molecule has 0 radical (unpaired) electrons. The van der Waals surface area contributed by atoms with Crippen molar-refractivity contribution in [3.63, 3.8) is 0 Å². The Morgan fingerprint density at radius 2 is 1.02 bits per heavy atom. The number of benzene rings is 8. The second-order valence-corrected chi connectivity index (χ2v) is 16.4. The number of imidazole rings is 1. The predicted molar refractivity (Wildman–Crippen MR) is 247 cm³/mol. The average Bonchev–Trinajstić information content (AvgIpc) is 3.79. The van der Waals surface area contributed by atoms with Crippen LogP contribution in [0, 0.1) is 0 Å². The maximum atomic E-state index is 6.28. The molecule has 0 saturated carbocycles. The van der Waals surface area contributed by atoms with Gasteiger partial charge in [0.1, 0.15) is 32.7 Å². The van der Waals surface area contributed by atoms with Crippen LogP contribution in [-0.2, 0) is 5.21 Å². The van der Waals surface area contributed by atoms with E-state index in [1.165, 1.54) is 54.9 Å². The maximum Gasteiger partial charge on any atom is 0.135 e. The van der Waals surface area contributed by atoms with Crippen LogP contribution in [0.2, 0.25) is 5.11 Å². The zero-order valence-electron chi connectivity index (χ0n) is 31.9. The normalized spacial score (nSPS) is 12.4. The number of hydrogen-bond acceptors (Lipinski definition) is 2. The van der Waals surface area contributed by atoms with Gasteiger partial charge in [-0.1, -0.05) is 115 Å². The Balaban J connectivity index is 1.27. The monoisotopic (exact) mass is 700 g/mol. The van der Waals surface area contributed by atoms with Gasteiger partial charge in [-0.25, -0.2) is 4.98 Å². The Morgan fingerprint density at radius 1 is 0.436 bits per heavy atom. The van der Waals surface area contributed by atoms with E-state index in [1.54, 1.807) is 0 Å². The van der Waals surface area contributed by atoms with Crippen LogP contribution >= 0.6 is 0 Å². The van der Waals surface area contributed by atoms with Crippen LogP contribution in [0.3, 0.4) is 0 Å². The molecular formula is C47H37B5N2O. The van der Waals surface area contributed by atoms with Crippen molar-refractivity contribution in [2.24, 2.45) is 0 Å². The summed E-state index contributed by atoms with van der Waals surface area (Å²) in [7, 11) is 11.6. The molecule has 0 aliphatic rings. The van der Waals surface area contributed by atoms with Crippen molar-refractivity contribution in [2.45, 2.75) is 10.3 Å². The molecule has 2 aromatic heterocycles. The lowest BCUT2D eigenvalue weighted by Crippen LogP contribution is -2.45. The van der Waals surface area contributed by atoms with Crippen molar-refractivity contribution in [3.8, 4) is 39.1 Å². The van der Waals surface area contributed by atoms with Gasteiger partial charge in [0.2, 0.25) is 0 Å². The number of rotatable bonds is 6. The van der Waals surface area contributed by atoms with Gasteiger partial charge in [0.05, 0.1) is 34.6 Å². The molecule has 0 N–H and O–H groups in total. The Morgan fingerprint density at radius 3 is 1.80 bits per heavy atom. The van der Waals surface area contributed by atoms with E-state index in [9.17, 15) is 0 Å². The van der Waals surface area contributed by atoms with Crippen LogP contribution < -0.4 is 0 Å². The third-order valence-corrected chi connectivity index (χ3v) is 12.2. The molecule has 8 aromatic carbocycles. The van der Waals surface area contributed by atoms with Crippen LogP contribution in [0.15, 0.2) is 168 Å². The lowest BCUT2D eigenvalue weighted by atomic mass is 9.23. The van der Waals surface area contributed by atoms with Gasteiger partial charge in [-0.3, -0.25) is 4.57 Å². The smallest absolute Gasteiger partial charge is 0.135 e. The first-order chi connectivity index (χ1) is 26.7. The zero-order valence-corrected chi connectivity index (χ0v) is 31.9. The van der Waals surface area contributed by atoms with E-state index in [2.05, 4.69) is 202 Å². The van der Waals surface area contributed by atoms with Crippen LogP contribution in [0.25, 0.3) is 93.6 Å². The fourth-order valence-electron chi connectivity index (χ4n) is 8.33. The van der Waals surface area contributed by atoms with Crippen LogP contribution in [0.1, 0.15) is 5.82 Å². The van der Waals surface area contributed by atoms with Crippen molar-refractivity contribution in [1.29, 1.82) is 0 Å². The molecule has 0 atom stereocenters. The van der Waals surface area contributed by atoms with E-state index in [4.69, 9.17) is 9.40 Å². The number of hydrogen-bond donors (Lipinski definition) is 0. The molecular weight excluding hydrogens is 663 g/mol. The molecule has 8 heteroatoms. The highest BCUT2D eigenvalue weighted by atomic mass is 16.3. The number of furan rings is 1. The summed E-state index contributed by atoms with van der Waals surface area (Å²) in [5, 5.41) is 6.90. The number of aromatic nitrogens is 2. The van der Waals surface area contributed by atoms with Crippen molar-refractivity contribution in [2.75, 3.05) is 0 Å². The summed E-state index contributed by atoms with van der Waals surface area (Å²) in [6, 6.07) is 59.2. The highest BCUT2D eigenvalue weighted by Gasteiger charge is 2.38. The second-order valence-electron chi connectivity index (χ2n) is 16.4. The van der Waals surface area contributed by atoms with Gasteiger partial charge in [-0.2, -0.15) is 0 Å². The van der Waals surface area contributed by atoms with Gasteiger partial charge < -0.3 is 4.42 Å². The average molecular weight is 700 g/mol. The summed E-state index contributed by atoms with van der Waals surface area (Å²) < 4.78 is 8.67. The first kappa shape index (κ1) is 33.4. The van der Waals surface area contributed by atoms with Crippen molar-refractivity contribution in [1.82, 2.24) is 9.55 Å². The minimum absolute atomic E-state index is 0.0196. The highest BCUT2D eigenvalue weighted by molar-refractivity contribution is 6.67. The Kier molecular flexibility index (Phi) is 7.58. The van der Waals surface area contributed by atoms with Crippen LogP contribution in [0.5, 0.6) is 0 Å². The van der Waals surface area contributed by atoms with Crippen molar-refractivity contribution < 1.29 is 4.42 Å².